The molecule has 6 nitrogen and oxygen atoms in total. The lowest BCUT2D eigenvalue weighted by atomic mass is 9.89. The average molecular weight is 358 g/mol. The van der Waals surface area contributed by atoms with Gasteiger partial charge in [-0.3, -0.25) is 14.4 Å². The summed E-state index contributed by atoms with van der Waals surface area (Å²) in [6, 6.07) is 7.17. The fourth-order valence-corrected chi connectivity index (χ4v) is 3.67. The number of methoxy groups -OCH3 is 1. The van der Waals surface area contributed by atoms with Crippen molar-refractivity contribution in [2.24, 2.45) is 5.92 Å². The number of amides is 2. The van der Waals surface area contributed by atoms with Crippen LogP contribution in [-0.2, 0) is 9.59 Å². The lowest BCUT2D eigenvalue weighted by Gasteiger charge is -2.34. The van der Waals surface area contributed by atoms with Gasteiger partial charge in [-0.05, 0) is 49.9 Å². The molecular weight excluding hydrogens is 332 g/mol. The molecule has 0 saturated carbocycles. The fourth-order valence-electron chi connectivity index (χ4n) is 3.67. The first-order valence-corrected chi connectivity index (χ1v) is 9.32. The van der Waals surface area contributed by atoms with E-state index in [9.17, 15) is 14.4 Å². The summed E-state index contributed by atoms with van der Waals surface area (Å²) in [4.78, 5) is 40.4. The van der Waals surface area contributed by atoms with Crippen molar-refractivity contribution in [1.82, 2.24) is 9.80 Å². The van der Waals surface area contributed by atoms with E-state index in [0.717, 1.165) is 18.6 Å². The molecule has 140 valence electrons. The van der Waals surface area contributed by atoms with E-state index in [4.69, 9.17) is 4.74 Å². The van der Waals surface area contributed by atoms with Gasteiger partial charge in [0.25, 0.3) is 0 Å². The van der Waals surface area contributed by atoms with Crippen LogP contribution in [0.2, 0.25) is 0 Å². The molecule has 0 spiro atoms. The Morgan fingerprint density at radius 2 is 1.77 bits per heavy atom. The molecule has 0 aromatic heterocycles. The molecule has 2 heterocycles. The van der Waals surface area contributed by atoms with Crippen molar-refractivity contribution in [3.05, 3.63) is 29.8 Å². The van der Waals surface area contributed by atoms with E-state index >= 15 is 0 Å². The van der Waals surface area contributed by atoms with Crippen LogP contribution in [0.1, 0.15) is 42.5 Å². The maximum atomic E-state index is 12.6. The van der Waals surface area contributed by atoms with Crippen molar-refractivity contribution in [3.63, 3.8) is 0 Å². The Bertz CT molecular complexity index is 663. The number of Topliss-reactive ketones (excluding diaryl/α,β-unsaturated/α-hetero) is 1. The third kappa shape index (κ3) is 4.23. The summed E-state index contributed by atoms with van der Waals surface area (Å²) in [5, 5.41) is 0. The minimum Gasteiger partial charge on any atom is -0.497 e. The molecule has 2 aliphatic heterocycles. The van der Waals surface area contributed by atoms with Crippen LogP contribution in [0.15, 0.2) is 24.3 Å². The molecule has 0 N–H and O–H groups in total. The number of carbonyl (C=O) groups is 3. The molecular formula is C20H26N2O4. The predicted octanol–water partition coefficient (Wildman–Crippen LogP) is 2.13. The minimum absolute atomic E-state index is 0.00408. The van der Waals surface area contributed by atoms with Crippen LogP contribution in [0.3, 0.4) is 0 Å². The van der Waals surface area contributed by atoms with Crippen LogP contribution >= 0.6 is 0 Å². The highest BCUT2D eigenvalue weighted by Gasteiger charge is 2.29. The first-order valence-electron chi connectivity index (χ1n) is 9.32. The molecule has 26 heavy (non-hydrogen) atoms. The lowest BCUT2D eigenvalue weighted by molar-refractivity contribution is -0.142. The van der Waals surface area contributed by atoms with Gasteiger partial charge in [-0.15, -0.1) is 0 Å². The van der Waals surface area contributed by atoms with Gasteiger partial charge in [0, 0.05) is 37.5 Å². The van der Waals surface area contributed by atoms with Crippen molar-refractivity contribution in [1.29, 1.82) is 0 Å². The van der Waals surface area contributed by atoms with Crippen LogP contribution < -0.4 is 4.74 Å². The molecule has 0 atom stereocenters. The second-order valence-electron chi connectivity index (χ2n) is 7.02. The highest BCUT2D eigenvalue weighted by molar-refractivity contribution is 5.98. The molecule has 0 bridgehead atoms. The number of piperidine rings is 2. The first-order chi connectivity index (χ1) is 12.6. The van der Waals surface area contributed by atoms with E-state index < -0.39 is 0 Å². The van der Waals surface area contributed by atoms with Crippen molar-refractivity contribution in [3.8, 4) is 5.75 Å². The Morgan fingerprint density at radius 1 is 1.08 bits per heavy atom. The van der Waals surface area contributed by atoms with Gasteiger partial charge in [0.1, 0.15) is 5.75 Å². The standard InChI is InChI=1S/C20H26N2O4/c1-26-17-7-5-15(6-8-17)20(25)16-9-12-21(13-10-16)19(24)14-22-11-3-2-4-18(22)23/h5-8,16H,2-4,9-14H2,1H3. The SMILES string of the molecule is COc1ccc(C(=O)C2CCN(C(=O)CN3CCCCC3=O)CC2)cc1. The summed E-state index contributed by atoms with van der Waals surface area (Å²) in [6.07, 6.45) is 3.78. The number of ketones is 1. The van der Waals surface area contributed by atoms with Gasteiger partial charge in [-0.25, -0.2) is 0 Å². The summed E-state index contributed by atoms with van der Waals surface area (Å²) >= 11 is 0. The number of likely N-dealkylation sites (tertiary alicyclic amines) is 2. The zero-order chi connectivity index (χ0) is 18.5. The van der Waals surface area contributed by atoms with Gasteiger partial charge in [0.15, 0.2) is 5.78 Å². The molecule has 2 saturated heterocycles. The first kappa shape index (κ1) is 18.4. The van der Waals surface area contributed by atoms with Crippen LogP contribution in [0, 0.1) is 5.92 Å². The molecule has 0 aliphatic carbocycles. The third-order valence-corrected chi connectivity index (χ3v) is 5.34. The zero-order valence-electron chi connectivity index (χ0n) is 15.3. The van der Waals surface area contributed by atoms with Gasteiger partial charge in [-0.2, -0.15) is 0 Å². The number of nitrogens with zero attached hydrogens (tertiary/aromatic N) is 2. The Kier molecular flexibility index (Phi) is 5.91. The Hall–Kier alpha value is -2.37. The van der Waals surface area contributed by atoms with Crippen molar-refractivity contribution in [2.75, 3.05) is 33.3 Å². The van der Waals surface area contributed by atoms with Crippen LogP contribution in [0.5, 0.6) is 5.75 Å². The Morgan fingerprint density at radius 3 is 2.38 bits per heavy atom. The highest BCUT2D eigenvalue weighted by atomic mass is 16.5. The van der Waals surface area contributed by atoms with Crippen molar-refractivity contribution in [2.45, 2.75) is 32.1 Å². The van der Waals surface area contributed by atoms with Crippen LogP contribution in [0.25, 0.3) is 0 Å². The van der Waals surface area contributed by atoms with E-state index in [0.29, 0.717) is 44.5 Å². The van der Waals surface area contributed by atoms with E-state index in [1.165, 1.54) is 0 Å². The number of rotatable bonds is 5. The van der Waals surface area contributed by atoms with Gasteiger partial charge in [0.2, 0.25) is 11.8 Å². The van der Waals surface area contributed by atoms with Gasteiger partial charge in [0.05, 0.1) is 13.7 Å². The number of benzene rings is 1. The Balaban J connectivity index is 1.50. The topological polar surface area (TPSA) is 66.9 Å². The van der Waals surface area contributed by atoms with Crippen LogP contribution in [-0.4, -0.2) is 60.7 Å². The van der Waals surface area contributed by atoms with E-state index in [1.54, 1.807) is 41.2 Å². The zero-order valence-corrected chi connectivity index (χ0v) is 15.3. The van der Waals surface area contributed by atoms with Gasteiger partial charge in [-0.1, -0.05) is 0 Å². The molecule has 6 heteroatoms. The monoisotopic (exact) mass is 358 g/mol. The lowest BCUT2D eigenvalue weighted by Crippen LogP contribution is -2.47. The van der Waals surface area contributed by atoms with E-state index in [1.807, 2.05) is 0 Å². The fraction of sp³-hybridized carbons (Fsp3) is 0.550. The quantitative estimate of drug-likeness (QED) is 0.756. The number of carbonyl (C=O) groups excluding carboxylic acids is 3. The van der Waals surface area contributed by atoms with Crippen molar-refractivity contribution >= 4 is 17.6 Å². The molecule has 1 aromatic carbocycles. The predicted molar refractivity (Wildman–Crippen MR) is 97.1 cm³/mol. The molecule has 1 aromatic rings. The smallest absolute Gasteiger partial charge is 0.242 e. The summed E-state index contributed by atoms with van der Waals surface area (Å²) in [6.45, 7) is 2.01. The minimum atomic E-state index is -0.0518. The molecule has 0 radical (unpaired) electrons. The second-order valence-corrected chi connectivity index (χ2v) is 7.02. The maximum absolute atomic E-state index is 12.6. The second kappa shape index (κ2) is 8.34. The van der Waals surface area contributed by atoms with Gasteiger partial charge < -0.3 is 14.5 Å². The number of hydrogen-bond acceptors (Lipinski definition) is 4. The van der Waals surface area contributed by atoms with Crippen molar-refractivity contribution < 1.29 is 19.1 Å². The summed E-state index contributed by atoms with van der Waals surface area (Å²) < 4.78 is 5.12. The van der Waals surface area contributed by atoms with E-state index in [2.05, 4.69) is 0 Å². The summed E-state index contributed by atoms with van der Waals surface area (Å²) in [5.41, 5.74) is 0.689. The highest BCUT2D eigenvalue weighted by Crippen LogP contribution is 2.23. The van der Waals surface area contributed by atoms with Crippen LogP contribution in [0.4, 0.5) is 0 Å². The normalized spacial score (nSPS) is 18.7. The molecule has 2 amide bonds. The number of ether oxygens (including phenoxy) is 1. The molecule has 3 rings (SSSR count). The maximum Gasteiger partial charge on any atom is 0.242 e. The largest absolute Gasteiger partial charge is 0.497 e. The molecule has 0 unspecified atom stereocenters. The third-order valence-electron chi connectivity index (χ3n) is 5.34. The van der Waals surface area contributed by atoms with E-state index in [-0.39, 0.29) is 30.1 Å². The van der Waals surface area contributed by atoms with Gasteiger partial charge >= 0.3 is 0 Å². The Labute approximate surface area is 154 Å². The number of hydrogen-bond donors (Lipinski definition) is 0. The average Bonchev–Trinajstić information content (AvgIpc) is 2.69. The molecule has 2 aliphatic rings. The summed E-state index contributed by atoms with van der Waals surface area (Å²) in [7, 11) is 1.60. The summed E-state index contributed by atoms with van der Waals surface area (Å²) in [5.74, 6) is 0.883. The molecule has 2 fully saturated rings.